The van der Waals surface area contributed by atoms with E-state index in [2.05, 4.69) is 5.10 Å². The average Bonchev–Trinajstić information content (AvgIpc) is 2.69. The van der Waals surface area contributed by atoms with Crippen molar-refractivity contribution in [1.82, 2.24) is 14.7 Å². The van der Waals surface area contributed by atoms with Crippen LogP contribution in [0.3, 0.4) is 0 Å². The molecule has 0 saturated carbocycles. The fraction of sp³-hybridized carbons (Fsp3) is 0.190. The number of hydrogen-bond acceptors (Lipinski definition) is 4. The molecule has 6 nitrogen and oxygen atoms in total. The Hall–Kier alpha value is -3.19. The van der Waals surface area contributed by atoms with E-state index in [-0.39, 0.29) is 24.0 Å². The highest BCUT2D eigenvalue weighted by atomic mass is 35.5. The van der Waals surface area contributed by atoms with Crippen LogP contribution in [0.5, 0.6) is 5.75 Å². The SMILES string of the molecule is CN1CC(C(c2ccc(F)cc2)c2cccc(Cl)c2)n2ncc(=O)c(O)c2C1=O. The van der Waals surface area contributed by atoms with Crippen LogP contribution in [0, 0.1) is 5.82 Å². The summed E-state index contributed by atoms with van der Waals surface area (Å²) in [4.78, 5) is 25.9. The standard InChI is InChI=1S/C21H17ClFN3O3/c1-25-11-16(26-19(21(25)29)20(28)17(27)10-24-26)18(12-5-7-15(23)8-6-12)13-3-2-4-14(22)9-13/h2-10,16,18,28H,11H2,1H3. The van der Waals surface area contributed by atoms with E-state index in [0.717, 1.165) is 17.3 Å². The Morgan fingerprint density at radius 1 is 1.17 bits per heavy atom. The summed E-state index contributed by atoms with van der Waals surface area (Å²) >= 11 is 6.21. The summed E-state index contributed by atoms with van der Waals surface area (Å²) in [6.07, 6.45) is 0.990. The second-order valence-corrected chi connectivity index (χ2v) is 7.42. The first-order valence-electron chi connectivity index (χ1n) is 8.94. The van der Waals surface area contributed by atoms with Crippen molar-refractivity contribution < 1.29 is 14.3 Å². The predicted molar refractivity (Wildman–Crippen MR) is 106 cm³/mol. The number of amides is 1. The topological polar surface area (TPSA) is 75.4 Å². The van der Waals surface area contributed by atoms with Crippen LogP contribution in [0.25, 0.3) is 0 Å². The zero-order valence-electron chi connectivity index (χ0n) is 15.4. The number of likely N-dealkylation sites (N-methyl/N-ethyl adjacent to an activating group) is 1. The van der Waals surface area contributed by atoms with Crippen LogP contribution in [0.15, 0.2) is 59.5 Å². The zero-order chi connectivity index (χ0) is 20.7. The van der Waals surface area contributed by atoms with E-state index in [9.17, 15) is 19.1 Å². The highest BCUT2D eigenvalue weighted by Gasteiger charge is 2.38. The van der Waals surface area contributed by atoms with Crippen LogP contribution in [-0.4, -0.2) is 39.3 Å². The molecule has 4 rings (SSSR count). The smallest absolute Gasteiger partial charge is 0.275 e. The van der Waals surface area contributed by atoms with E-state index in [4.69, 9.17) is 11.6 Å². The third-order valence-corrected chi connectivity index (χ3v) is 5.37. The van der Waals surface area contributed by atoms with E-state index < -0.39 is 23.1 Å². The molecule has 29 heavy (non-hydrogen) atoms. The van der Waals surface area contributed by atoms with Gasteiger partial charge < -0.3 is 10.0 Å². The maximum absolute atomic E-state index is 13.5. The molecule has 0 radical (unpaired) electrons. The van der Waals surface area contributed by atoms with Crippen molar-refractivity contribution in [3.8, 4) is 5.75 Å². The van der Waals surface area contributed by atoms with Gasteiger partial charge in [0.2, 0.25) is 5.43 Å². The van der Waals surface area contributed by atoms with Gasteiger partial charge in [-0.2, -0.15) is 5.10 Å². The van der Waals surface area contributed by atoms with E-state index in [0.29, 0.717) is 5.02 Å². The van der Waals surface area contributed by atoms with Gasteiger partial charge in [0.1, 0.15) is 5.82 Å². The summed E-state index contributed by atoms with van der Waals surface area (Å²) in [5.74, 6) is -1.86. The van der Waals surface area contributed by atoms with Gasteiger partial charge in [-0.05, 0) is 35.4 Å². The molecule has 1 N–H and O–H groups in total. The molecule has 0 aliphatic carbocycles. The third kappa shape index (κ3) is 3.38. The molecule has 2 aromatic carbocycles. The molecule has 2 heterocycles. The fourth-order valence-corrected chi connectivity index (χ4v) is 3.98. The number of benzene rings is 2. The Morgan fingerprint density at radius 2 is 1.90 bits per heavy atom. The number of carbonyl (C=O) groups is 1. The lowest BCUT2D eigenvalue weighted by molar-refractivity contribution is 0.0686. The number of aromatic nitrogens is 2. The second kappa shape index (κ2) is 7.33. The number of hydrogen-bond donors (Lipinski definition) is 1. The third-order valence-electron chi connectivity index (χ3n) is 5.13. The quantitative estimate of drug-likeness (QED) is 0.715. The highest BCUT2D eigenvalue weighted by Crippen LogP contribution is 2.39. The molecule has 1 aliphatic heterocycles. The van der Waals surface area contributed by atoms with Crippen LogP contribution in [0.4, 0.5) is 4.39 Å². The molecule has 1 aliphatic rings. The summed E-state index contributed by atoms with van der Waals surface area (Å²) in [6, 6.07) is 12.8. The molecule has 2 unspecified atom stereocenters. The van der Waals surface area contributed by atoms with Crippen LogP contribution >= 0.6 is 11.6 Å². The van der Waals surface area contributed by atoms with Crippen LogP contribution in [0.2, 0.25) is 5.02 Å². The van der Waals surface area contributed by atoms with E-state index >= 15 is 0 Å². The number of halogens is 2. The number of carbonyl (C=O) groups excluding carboxylic acids is 1. The Balaban J connectivity index is 1.95. The molecule has 1 aromatic heterocycles. The van der Waals surface area contributed by atoms with E-state index in [1.165, 1.54) is 21.7 Å². The van der Waals surface area contributed by atoms with Gasteiger partial charge in [-0.15, -0.1) is 0 Å². The molecule has 0 spiro atoms. The maximum Gasteiger partial charge on any atom is 0.275 e. The van der Waals surface area contributed by atoms with Crippen LogP contribution < -0.4 is 5.43 Å². The van der Waals surface area contributed by atoms with Crippen LogP contribution in [0.1, 0.15) is 33.6 Å². The molecular formula is C21H17ClFN3O3. The summed E-state index contributed by atoms with van der Waals surface area (Å²) in [6.45, 7) is 0.274. The lowest BCUT2D eigenvalue weighted by Gasteiger charge is -2.37. The van der Waals surface area contributed by atoms with Gasteiger partial charge in [0.15, 0.2) is 11.4 Å². The molecule has 0 bridgehead atoms. The number of rotatable bonds is 3. The predicted octanol–water partition coefficient (Wildman–Crippen LogP) is 3.20. The molecule has 8 heteroatoms. The van der Waals surface area contributed by atoms with Gasteiger partial charge in [0.25, 0.3) is 5.91 Å². The van der Waals surface area contributed by atoms with Crippen molar-refractivity contribution in [3.63, 3.8) is 0 Å². The van der Waals surface area contributed by atoms with E-state index in [1.54, 1.807) is 31.3 Å². The summed E-state index contributed by atoms with van der Waals surface area (Å²) in [5.41, 5.74) is 0.736. The number of aromatic hydroxyl groups is 1. The van der Waals surface area contributed by atoms with Crippen molar-refractivity contribution >= 4 is 17.5 Å². The minimum Gasteiger partial charge on any atom is -0.502 e. The fourth-order valence-electron chi connectivity index (χ4n) is 3.78. The van der Waals surface area contributed by atoms with Gasteiger partial charge in [0.05, 0.1) is 12.2 Å². The summed E-state index contributed by atoms with van der Waals surface area (Å²) in [5, 5.41) is 14.9. The van der Waals surface area contributed by atoms with Gasteiger partial charge >= 0.3 is 0 Å². The van der Waals surface area contributed by atoms with Gasteiger partial charge in [-0.25, -0.2) is 4.39 Å². The molecular weight excluding hydrogens is 397 g/mol. The minimum atomic E-state index is -0.722. The first-order valence-corrected chi connectivity index (χ1v) is 9.32. The lowest BCUT2D eigenvalue weighted by Crippen LogP contribution is -2.45. The first-order chi connectivity index (χ1) is 13.9. The van der Waals surface area contributed by atoms with Crippen molar-refractivity contribution in [3.05, 3.63) is 92.6 Å². The Morgan fingerprint density at radius 3 is 2.59 bits per heavy atom. The molecule has 2 atom stereocenters. The Bertz CT molecular complexity index is 1150. The number of nitrogens with zero attached hydrogens (tertiary/aromatic N) is 3. The monoisotopic (exact) mass is 413 g/mol. The van der Waals surface area contributed by atoms with Crippen molar-refractivity contribution in [2.24, 2.45) is 0 Å². The van der Waals surface area contributed by atoms with Crippen molar-refractivity contribution in [1.29, 1.82) is 0 Å². The van der Waals surface area contributed by atoms with Crippen LogP contribution in [-0.2, 0) is 0 Å². The molecule has 3 aromatic rings. The highest BCUT2D eigenvalue weighted by molar-refractivity contribution is 6.30. The molecule has 0 fully saturated rings. The van der Waals surface area contributed by atoms with Gasteiger partial charge in [-0.1, -0.05) is 35.9 Å². The normalized spacial score (nSPS) is 17.1. The zero-order valence-corrected chi connectivity index (χ0v) is 16.2. The Labute approximate surface area is 170 Å². The summed E-state index contributed by atoms with van der Waals surface area (Å²) in [7, 11) is 1.59. The lowest BCUT2D eigenvalue weighted by atomic mass is 9.84. The first kappa shape index (κ1) is 19.1. The average molecular weight is 414 g/mol. The minimum absolute atomic E-state index is 0.162. The van der Waals surface area contributed by atoms with Gasteiger partial charge in [-0.3, -0.25) is 14.3 Å². The van der Waals surface area contributed by atoms with E-state index in [1.807, 2.05) is 12.1 Å². The molecule has 0 saturated heterocycles. The largest absolute Gasteiger partial charge is 0.502 e. The number of fused-ring (bicyclic) bond motifs is 1. The molecule has 148 valence electrons. The van der Waals surface area contributed by atoms with Crippen molar-refractivity contribution in [2.75, 3.05) is 13.6 Å². The van der Waals surface area contributed by atoms with Gasteiger partial charge in [0, 0.05) is 24.5 Å². The second-order valence-electron chi connectivity index (χ2n) is 6.99. The van der Waals surface area contributed by atoms with Crippen molar-refractivity contribution in [2.45, 2.75) is 12.0 Å². The maximum atomic E-state index is 13.5. The Kier molecular flexibility index (Phi) is 4.84. The molecule has 1 amide bonds. The summed E-state index contributed by atoms with van der Waals surface area (Å²) < 4.78 is 14.9.